The molecular weight excluding hydrogens is 1140 g/mol. The second kappa shape index (κ2) is 28.9. The number of hydrogen-bond acceptors (Lipinski definition) is 14. The number of aryl methyl sites for hydroxylation is 2. The fraction of sp³-hybridized carbons (Fsp3) is 0.469. The van der Waals surface area contributed by atoms with Crippen LogP contribution in [0.1, 0.15) is 121 Å². The molecule has 19 nitrogen and oxygen atoms in total. The van der Waals surface area contributed by atoms with E-state index < -0.39 is 58.8 Å². The lowest BCUT2D eigenvalue weighted by molar-refractivity contribution is -0.141. The van der Waals surface area contributed by atoms with E-state index >= 15 is 0 Å². The predicted octanol–water partition coefficient (Wildman–Crippen LogP) is 8.54. The molecule has 6 aromatic rings. The van der Waals surface area contributed by atoms with Gasteiger partial charge in [-0.2, -0.15) is 13.2 Å². The fourth-order valence-electron chi connectivity index (χ4n) is 11.8. The number of likely N-dealkylation sites (N-methyl/N-ethyl adjacent to an activating group) is 1. The SMILES string of the molecule is Cc1cc([C@H](C(=O)N2C[C@H](O)C[C@H]2C(=O)N[C@@H](CC(=O)NCCCCCCCC(=O)N2CCN(Cc3cccc(-c4ccc(N5CCN(C)CC5)c(NC(=O)c5c[nH]c(=O)cc5C(F)(F)F)c4)c3)CC2)c2ccc(-c3scnc3C)cc2)C(C)C)on1. The average Bonchev–Trinajstić information content (AvgIpc) is 2.97. The van der Waals surface area contributed by atoms with Crippen LogP contribution < -0.4 is 26.4 Å². The first-order valence-electron chi connectivity index (χ1n) is 30.0. The van der Waals surface area contributed by atoms with Gasteiger partial charge in [0, 0.05) is 103 Å². The van der Waals surface area contributed by atoms with Crippen molar-refractivity contribution in [2.45, 2.75) is 116 Å². The van der Waals surface area contributed by atoms with Crippen molar-refractivity contribution < 1.29 is 46.8 Å². The van der Waals surface area contributed by atoms with E-state index in [1.807, 2.05) is 87.3 Å². The van der Waals surface area contributed by atoms with Crippen LogP contribution in [0, 0.1) is 19.8 Å². The third-order valence-corrected chi connectivity index (χ3v) is 17.6. The Bertz CT molecular complexity index is 3430. The van der Waals surface area contributed by atoms with E-state index in [-0.39, 0.29) is 43.0 Å². The first kappa shape index (κ1) is 63.8. The number of carbonyl (C=O) groups excluding carboxylic acids is 5. The highest BCUT2D eigenvalue weighted by atomic mass is 32.1. The maximum absolute atomic E-state index is 14.2. The first-order chi connectivity index (χ1) is 41.7. The summed E-state index contributed by atoms with van der Waals surface area (Å²) >= 11 is 1.53. The van der Waals surface area contributed by atoms with Crippen molar-refractivity contribution >= 4 is 52.2 Å². The molecule has 3 aromatic carbocycles. The van der Waals surface area contributed by atoms with Crippen LogP contribution in [0.3, 0.4) is 0 Å². The standard InChI is InChI=1S/C64H78F3N11O8S/c1-40(2)59(55-30-41(3)73-86-55)63(85)78-38-48(79)33-54(78)62(84)71-51(44-15-17-45(18-16-44)60-42(4)70-39-87-60)35-57(81)68-21-10-8-6-7-9-14-58(82)77-28-24-75(25-29-77)37-43-12-11-13-46(31-43)47-19-20-53(76-26-22-74(5)23-27-76)52(32-47)72-61(83)49-36-69-56(80)34-50(49)64(65,66)67/h11-13,15-20,30-32,34,36,39-40,48,51,54,59,79H,6-10,14,21-29,33,35,37-38H2,1-5H3,(H,68,81)(H,69,80)(H,71,84)(H,72,83)/t48-,51+,54+,59-/m1/s1. The molecule has 0 radical (unpaired) electrons. The zero-order chi connectivity index (χ0) is 61.9. The first-order valence-corrected chi connectivity index (χ1v) is 30.8. The third kappa shape index (κ3) is 16.5. The number of β-amino-alcohol motifs (C(OH)–C–C–N with tert-alkyl or cyclic N) is 1. The van der Waals surface area contributed by atoms with Gasteiger partial charge in [-0.3, -0.25) is 33.7 Å². The molecule has 87 heavy (non-hydrogen) atoms. The Balaban J connectivity index is 0.721. The van der Waals surface area contributed by atoms with Gasteiger partial charge in [0.1, 0.15) is 17.7 Å². The van der Waals surface area contributed by atoms with Crippen molar-refractivity contribution in [2.24, 2.45) is 5.92 Å². The number of pyridine rings is 1. The number of rotatable bonds is 23. The Hall–Kier alpha value is -7.73. The van der Waals surface area contributed by atoms with Gasteiger partial charge in [-0.1, -0.05) is 86.8 Å². The molecule has 5 N–H and O–H groups in total. The molecule has 0 saturated carbocycles. The summed E-state index contributed by atoms with van der Waals surface area (Å²) in [5.74, 6) is -2.40. The minimum atomic E-state index is -4.92. The van der Waals surface area contributed by atoms with Crippen molar-refractivity contribution in [2.75, 3.05) is 82.7 Å². The fourth-order valence-corrected chi connectivity index (χ4v) is 12.6. The van der Waals surface area contributed by atoms with Crippen molar-refractivity contribution in [1.82, 2.24) is 45.4 Å². The second-order valence-corrected chi connectivity index (χ2v) is 24.3. The monoisotopic (exact) mass is 1220 g/mol. The van der Waals surface area contributed by atoms with Crippen LogP contribution >= 0.6 is 11.3 Å². The van der Waals surface area contributed by atoms with E-state index in [9.17, 15) is 47.0 Å². The largest absolute Gasteiger partial charge is 0.417 e. The quantitative estimate of drug-likeness (QED) is 0.0379. The molecule has 3 aliphatic rings. The highest BCUT2D eigenvalue weighted by Crippen LogP contribution is 2.37. The summed E-state index contributed by atoms with van der Waals surface area (Å²) < 4.78 is 47.5. The summed E-state index contributed by atoms with van der Waals surface area (Å²) in [4.78, 5) is 98.2. The minimum Gasteiger partial charge on any atom is -0.391 e. The summed E-state index contributed by atoms with van der Waals surface area (Å²) in [7, 11) is 2.01. The van der Waals surface area contributed by atoms with Crippen LogP contribution in [0.2, 0.25) is 0 Å². The number of benzene rings is 3. The van der Waals surface area contributed by atoms with E-state index in [0.717, 1.165) is 84.2 Å². The van der Waals surface area contributed by atoms with Gasteiger partial charge in [-0.15, -0.1) is 11.3 Å². The Morgan fingerprint density at radius 3 is 2.25 bits per heavy atom. The lowest BCUT2D eigenvalue weighted by Crippen LogP contribution is -2.49. The number of aliphatic hydroxyl groups is 1. The zero-order valence-electron chi connectivity index (χ0n) is 50.0. The number of aliphatic hydroxyl groups excluding tert-OH is 1. The van der Waals surface area contributed by atoms with Crippen LogP contribution in [0.4, 0.5) is 24.5 Å². The van der Waals surface area contributed by atoms with Gasteiger partial charge in [-0.05, 0) is 85.7 Å². The molecule has 3 aliphatic heterocycles. The molecule has 0 spiro atoms. The van der Waals surface area contributed by atoms with Gasteiger partial charge in [0.15, 0.2) is 0 Å². The number of carbonyl (C=O) groups is 5. The molecule has 5 amide bonds. The highest BCUT2D eigenvalue weighted by Gasteiger charge is 2.44. The number of thiazole rings is 1. The van der Waals surface area contributed by atoms with Crippen LogP contribution in [0.15, 0.2) is 99.9 Å². The van der Waals surface area contributed by atoms with E-state index in [4.69, 9.17) is 4.52 Å². The molecular formula is C64H78F3N11O8S. The topological polar surface area (TPSA) is 230 Å². The normalized spacial score (nSPS) is 17.6. The smallest absolute Gasteiger partial charge is 0.391 e. The van der Waals surface area contributed by atoms with Crippen molar-refractivity contribution in [3.8, 4) is 21.6 Å². The molecule has 3 saturated heterocycles. The Labute approximate surface area is 508 Å². The zero-order valence-corrected chi connectivity index (χ0v) is 50.8. The van der Waals surface area contributed by atoms with Crippen molar-refractivity contribution in [3.63, 3.8) is 0 Å². The van der Waals surface area contributed by atoms with Gasteiger partial charge in [0.05, 0.1) is 62.8 Å². The van der Waals surface area contributed by atoms with Gasteiger partial charge in [-0.25, -0.2) is 4.98 Å². The number of halogens is 3. The Kier molecular flexibility index (Phi) is 21.1. The Morgan fingerprint density at radius 1 is 0.851 bits per heavy atom. The Morgan fingerprint density at radius 2 is 1.56 bits per heavy atom. The number of amides is 5. The summed E-state index contributed by atoms with van der Waals surface area (Å²) in [6.07, 6.45) is -0.471. The van der Waals surface area contributed by atoms with Crippen LogP contribution in [-0.4, -0.2) is 154 Å². The van der Waals surface area contributed by atoms with Gasteiger partial charge in [0.2, 0.25) is 29.2 Å². The van der Waals surface area contributed by atoms with Gasteiger partial charge in [0.25, 0.3) is 5.91 Å². The molecule has 3 aromatic heterocycles. The molecule has 3 fully saturated rings. The van der Waals surface area contributed by atoms with Crippen molar-refractivity contribution in [1.29, 1.82) is 0 Å². The predicted molar refractivity (Wildman–Crippen MR) is 327 cm³/mol. The molecule has 0 bridgehead atoms. The molecule has 4 atom stereocenters. The summed E-state index contributed by atoms with van der Waals surface area (Å²) in [6.45, 7) is 14.0. The number of aromatic nitrogens is 3. The van der Waals surface area contributed by atoms with Crippen LogP contribution in [0.25, 0.3) is 21.6 Å². The number of anilines is 2. The number of nitrogens with zero attached hydrogens (tertiary/aromatic N) is 7. The third-order valence-electron chi connectivity index (χ3n) is 16.6. The summed E-state index contributed by atoms with van der Waals surface area (Å²) in [6, 6.07) is 21.7. The maximum atomic E-state index is 14.2. The number of unbranched alkanes of at least 4 members (excludes halogenated alkanes) is 4. The maximum Gasteiger partial charge on any atom is 0.417 e. The lowest BCUT2D eigenvalue weighted by Gasteiger charge is -2.35. The summed E-state index contributed by atoms with van der Waals surface area (Å²) in [5, 5.41) is 23.6. The van der Waals surface area contributed by atoms with Crippen molar-refractivity contribution in [3.05, 3.63) is 140 Å². The van der Waals surface area contributed by atoms with E-state index in [1.165, 1.54) is 16.2 Å². The second-order valence-electron chi connectivity index (χ2n) is 23.5. The average molecular weight is 1220 g/mol. The molecule has 0 unspecified atom stereocenters. The number of H-pyrrole nitrogens is 1. The van der Waals surface area contributed by atoms with E-state index in [1.54, 1.807) is 24.6 Å². The number of aromatic amines is 1. The van der Waals surface area contributed by atoms with Gasteiger partial charge < -0.3 is 50.2 Å². The molecule has 23 heteroatoms. The van der Waals surface area contributed by atoms with E-state index in [2.05, 4.69) is 51.8 Å². The van der Waals surface area contributed by atoms with Crippen LogP contribution in [0.5, 0.6) is 0 Å². The van der Waals surface area contributed by atoms with Gasteiger partial charge >= 0.3 is 6.18 Å². The number of hydrogen-bond donors (Lipinski definition) is 5. The van der Waals surface area contributed by atoms with Crippen LogP contribution in [-0.2, 0) is 31.9 Å². The summed E-state index contributed by atoms with van der Waals surface area (Å²) in [5.41, 5.74) is 5.73. The molecule has 6 heterocycles. The molecule has 0 aliphatic carbocycles. The molecule has 464 valence electrons. The number of nitrogens with one attached hydrogen (secondary N) is 4. The minimum absolute atomic E-state index is 0.0158. The molecule has 9 rings (SSSR count). The highest BCUT2D eigenvalue weighted by molar-refractivity contribution is 7.13. The lowest BCUT2D eigenvalue weighted by atomic mass is 9.91. The van der Waals surface area contributed by atoms with E-state index in [0.29, 0.717) is 93.2 Å². The number of likely N-dealkylation sites (tertiary alicyclic amines) is 1. The number of piperazine rings is 2. The number of alkyl halides is 3.